The Morgan fingerprint density at radius 3 is 1.45 bits per heavy atom. The average molecular weight is 150 g/mol. The van der Waals surface area contributed by atoms with E-state index in [9.17, 15) is 0 Å². The molecule has 0 heterocycles. The number of allylic oxidation sites excluding steroid dienone is 2. The second-order valence-corrected chi connectivity index (χ2v) is 5.28. The van der Waals surface area contributed by atoms with E-state index in [-0.39, 0.29) is 0 Å². The summed E-state index contributed by atoms with van der Waals surface area (Å²) in [7, 11) is 0. The predicted octanol–water partition coefficient (Wildman–Crippen LogP) is 3.24. The van der Waals surface area contributed by atoms with Crippen LogP contribution in [0.4, 0.5) is 0 Å². The van der Waals surface area contributed by atoms with E-state index in [2.05, 4.69) is 39.8 Å². The van der Waals surface area contributed by atoms with Crippen molar-refractivity contribution in [3.63, 3.8) is 0 Å². The summed E-state index contributed by atoms with van der Waals surface area (Å²) in [5, 5.41) is 0. The van der Waals surface area contributed by atoms with E-state index in [0.29, 0.717) is 10.8 Å². The Bertz CT molecular complexity index is 186. The molecule has 2 rings (SSSR count). The number of rotatable bonds is 0. The zero-order valence-corrected chi connectivity index (χ0v) is 8.02. The van der Waals surface area contributed by atoms with Crippen molar-refractivity contribution in [1.29, 1.82) is 0 Å². The molecular formula is C11H18. The maximum atomic E-state index is 2.43. The van der Waals surface area contributed by atoms with Gasteiger partial charge in [0.15, 0.2) is 0 Å². The van der Waals surface area contributed by atoms with Gasteiger partial charge in [-0.25, -0.2) is 0 Å². The van der Waals surface area contributed by atoms with Gasteiger partial charge in [-0.1, -0.05) is 39.8 Å². The van der Waals surface area contributed by atoms with Crippen LogP contribution in [0.25, 0.3) is 0 Å². The molecule has 11 heavy (non-hydrogen) atoms. The van der Waals surface area contributed by atoms with E-state index in [1.54, 1.807) is 0 Å². The van der Waals surface area contributed by atoms with Crippen molar-refractivity contribution in [2.24, 2.45) is 22.7 Å². The maximum Gasteiger partial charge on any atom is -0.0171 e. The summed E-state index contributed by atoms with van der Waals surface area (Å²) in [5.74, 6) is 1.70. The Kier molecular flexibility index (Phi) is 1.16. The molecule has 0 nitrogen and oxygen atoms in total. The highest BCUT2D eigenvalue weighted by molar-refractivity contribution is 5.20. The Labute approximate surface area is 69.7 Å². The third-order valence-corrected chi connectivity index (χ3v) is 4.60. The van der Waals surface area contributed by atoms with Gasteiger partial charge in [0.2, 0.25) is 0 Å². The molecule has 0 spiro atoms. The first kappa shape index (κ1) is 7.39. The Morgan fingerprint density at radius 1 is 0.909 bits per heavy atom. The molecule has 2 atom stereocenters. The second-order valence-electron chi connectivity index (χ2n) is 5.28. The topological polar surface area (TPSA) is 0 Å². The quantitative estimate of drug-likeness (QED) is 0.465. The van der Waals surface area contributed by atoms with E-state index < -0.39 is 0 Å². The van der Waals surface area contributed by atoms with Crippen molar-refractivity contribution < 1.29 is 0 Å². The lowest BCUT2D eigenvalue weighted by atomic mass is 9.62. The summed E-state index contributed by atoms with van der Waals surface area (Å²) in [6.45, 7) is 9.67. The minimum absolute atomic E-state index is 0.520. The lowest BCUT2D eigenvalue weighted by molar-refractivity contribution is 0.0961. The first-order chi connectivity index (χ1) is 4.96. The molecule has 2 aliphatic rings. The lowest BCUT2D eigenvalue weighted by Gasteiger charge is -2.42. The highest BCUT2D eigenvalue weighted by atomic mass is 14.6. The van der Waals surface area contributed by atoms with E-state index in [1.807, 2.05) is 0 Å². The highest BCUT2D eigenvalue weighted by Gasteiger charge is 2.55. The lowest BCUT2D eigenvalue weighted by Crippen LogP contribution is -2.35. The molecule has 2 unspecified atom stereocenters. The molecule has 0 heteroatoms. The van der Waals surface area contributed by atoms with Crippen molar-refractivity contribution >= 4 is 0 Å². The Balaban J connectivity index is 2.45. The van der Waals surface area contributed by atoms with Gasteiger partial charge in [-0.2, -0.15) is 0 Å². The van der Waals surface area contributed by atoms with Crippen molar-refractivity contribution in [3.05, 3.63) is 12.2 Å². The average Bonchev–Trinajstić information content (AvgIpc) is 2.37. The van der Waals surface area contributed by atoms with E-state index >= 15 is 0 Å². The van der Waals surface area contributed by atoms with Gasteiger partial charge in [-0.15, -0.1) is 0 Å². The Hall–Kier alpha value is -0.260. The molecule has 2 aliphatic carbocycles. The van der Waals surface area contributed by atoms with Crippen LogP contribution < -0.4 is 0 Å². The zero-order chi connectivity index (χ0) is 8.28. The van der Waals surface area contributed by atoms with Gasteiger partial charge in [0.05, 0.1) is 0 Å². The van der Waals surface area contributed by atoms with Crippen molar-refractivity contribution in [2.45, 2.75) is 34.1 Å². The smallest absolute Gasteiger partial charge is 0.0171 e. The van der Waals surface area contributed by atoms with Gasteiger partial charge in [-0.3, -0.25) is 0 Å². The zero-order valence-electron chi connectivity index (χ0n) is 8.02. The first-order valence-electron chi connectivity index (χ1n) is 4.64. The van der Waals surface area contributed by atoms with Crippen LogP contribution in [0.5, 0.6) is 0 Å². The van der Waals surface area contributed by atoms with Gasteiger partial charge in [0, 0.05) is 0 Å². The molecule has 1 fully saturated rings. The Morgan fingerprint density at radius 2 is 1.27 bits per heavy atom. The maximum absolute atomic E-state index is 2.43. The van der Waals surface area contributed by atoms with Crippen LogP contribution in [0.1, 0.15) is 34.1 Å². The summed E-state index contributed by atoms with van der Waals surface area (Å²) >= 11 is 0. The van der Waals surface area contributed by atoms with E-state index in [0.717, 1.165) is 11.8 Å². The summed E-state index contributed by atoms with van der Waals surface area (Å²) in [6.07, 6.45) is 6.26. The van der Waals surface area contributed by atoms with E-state index in [4.69, 9.17) is 0 Å². The normalized spacial score (nSPS) is 43.3. The molecular weight excluding hydrogens is 132 g/mol. The van der Waals surface area contributed by atoms with Gasteiger partial charge in [0.1, 0.15) is 0 Å². The SMILES string of the molecule is CC1(C)C2C=CC(C2)C1(C)C. The molecule has 0 aromatic rings. The van der Waals surface area contributed by atoms with Gasteiger partial charge in [0.25, 0.3) is 0 Å². The molecule has 0 N–H and O–H groups in total. The molecule has 0 aliphatic heterocycles. The van der Waals surface area contributed by atoms with Crippen LogP contribution in [-0.2, 0) is 0 Å². The monoisotopic (exact) mass is 150 g/mol. The van der Waals surface area contributed by atoms with Gasteiger partial charge >= 0.3 is 0 Å². The number of fused-ring (bicyclic) bond motifs is 2. The van der Waals surface area contributed by atoms with Crippen molar-refractivity contribution in [3.8, 4) is 0 Å². The fourth-order valence-corrected chi connectivity index (χ4v) is 2.72. The summed E-state index contributed by atoms with van der Waals surface area (Å²) < 4.78 is 0. The summed E-state index contributed by atoms with van der Waals surface area (Å²) in [5.41, 5.74) is 1.04. The van der Waals surface area contributed by atoms with Crippen LogP contribution in [0.15, 0.2) is 12.2 Å². The number of hydrogen-bond acceptors (Lipinski definition) is 0. The highest BCUT2D eigenvalue weighted by Crippen LogP contribution is 2.62. The van der Waals surface area contributed by atoms with Crippen molar-refractivity contribution in [1.82, 2.24) is 0 Å². The minimum Gasteiger partial charge on any atom is -0.0845 e. The fourth-order valence-electron chi connectivity index (χ4n) is 2.72. The van der Waals surface area contributed by atoms with Crippen LogP contribution in [-0.4, -0.2) is 0 Å². The predicted molar refractivity (Wildman–Crippen MR) is 48.3 cm³/mol. The minimum atomic E-state index is 0.520. The van der Waals surface area contributed by atoms with Crippen LogP contribution in [0, 0.1) is 22.7 Å². The molecule has 0 aromatic carbocycles. The van der Waals surface area contributed by atoms with Crippen LogP contribution >= 0.6 is 0 Å². The fraction of sp³-hybridized carbons (Fsp3) is 0.818. The van der Waals surface area contributed by atoms with Crippen LogP contribution in [0.3, 0.4) is 0 Å². The number of hydrogen-bond donors (Lipinski definition) is 0. The molecule has 0 amide bonds. The molecule has 0 saturated heterocycles. The van der Waals surface area contributed by atoms with Gasteiger partial charge in [-0.05, 0) is 29.1 Å². The van der Waals surface area contributed by atoms with Gasteiger partial charge < -0.3 is 0 Å². The third kappa shape index (κ3) is 0.660. The molecule has 0 radical (unpaired) electrons. The van der Waals surface area contributed by atoms with E-state index in [1.165, 1.54) is 6.42 Å². The molecule has 2 bridgehead atoms. The standard InChI is InChI=1S/C11H18/c1-10(2)8-5-6-9(7-8)11(10,3)4/h5-6,8-9H,7H2,1-4H3. The summed E-state index contributed by atoms with van der Waals surface area (Å²) in [6, 6.07) is 0. The third-order valence-electron chi connectivity index (χ3n) is 4.60. The largest absolute Gasteiger partial charge is 0.0845 e. The first-order valence-corrected chi connectivity index (χ1v) is 4.64. The molecule has 0 aromatic heterocycles. The molecule has 62 valence electrons. The van der Waals surface area contributed by atoms with Crippen molar-refractivity contribution in [2.75, 3.05) is 0 Å². The second kappa shape index (κ2) is 1.73. The molecule has 1 saturated carbocycles. The van der Waals surface area contributed by atoms with Crippen LogP contribution in [0.2, 0.25) is 0 Å². The summed E-state index contributed by atoms with van der Waals surface area (Å²) in [4.78, 5) is 0.